The number of ketones is 2. The minimum atomic E-state index is -1.53. The fraction of sp³-hybridized carbons (Fsp3) is 0.375. The zero-order chi connectivity index (χ0) is 22.1. The van der Waals surface area contributed by atoms with E-state index in [1.54, 1.807) is 24.3 Å². The van der Waals surface area contributed by atoms with E-state index in [9.17, 15) is 14.4 Å². The summed E-state index contributed by atoms with van der Waals surface area (Å²) in [7, 11) is 0. The lowest BCUT2D eigenvalue weighted by Gasteiger charge is -2.47. The van der Waals surface area contributed by atoms with E-state index in [0.29, 0.717) is 23.4 Å². The van der Waals surface area contributed by atoms with Crippen LogP contribution in [-0.2, 0) is 14.3 Å². The average Bonchev–Trinajstić information content (AvgIpc) is 2.74. The molecule has 1 aliphatic heterocycles. The molecular formula is C24H24BrClO4. The molecule has 6 heteroatoms. The molecule has 2 aromatic carbocycles. The van der Waals surface area contributed by atoms with Gasteiger partial charge in [-0.2, -0.15) is 0 Å². The maximum Gasteiger partial charge on any atom is 0.320 e. The molecule has 2 aromatic rings. The van der Waals surface area contributed by atoms with Crippen molar-refractivity contribution in [2.75, 3.05) is 0 Å². The van der Waals surface area contributed by atoms with Crippen LogP contribution in [0.15, 0.2) is 53.0 Å². The van der Waals surface area contributed by atoms with Crippen molar-refractivity contribution in [3.8, 4) is 0 Å². The number of esters is 1. The third-order valence-corrected chi connectivity index (χ3v) is 7.03. The number of hydrogen-bond acceptors (Lipinski definition) is 4. The second-order valence-corrected chi connectivity index (χ2v) is 9.32. The van der Waals surface area contributed by atoms with Crippen LogP contribution >= 0.6 is 27.5 Å². The van der Waals surface area contributed by atoms with Crippen molar-refractivity contribution >= 4 is 45.1 Å². The summed E-state index contributed by atoms with van der Waals surface area (Å²) in [5, 5.41) is 0.513. The topological polar surface area (TPSA) is 60.4 Å². The summed E-state index contributed by atoms with van der Waals surface area (Å²) in [4.78, 5) is 39.8. The summed E-state index contributed by atoms with van der Waals surface area (Å²) >= 11 is 9.31. The fourth-order valence-corrected chi connectivity index (χ4v) is 4.68. The van der Waals surface area contributed by atoms with E-state index >= 15 is 0 Å². The zero-order valence-corrected chi connectivity index (χ0v) is 19.5. The smallest absolute Gasteiger partial charge is 0.320 e. The van der Waals surface area contributed by atoms with E-state index in [0.717, 1.165) is 10.0 Å². The van der Waals surface area contributed by atoms with E-state index in [4.69, 9.17) is 16.3 Å². The Bertz CT molecular complexity index is 964. The molecule has 0 saturated carbocycles. The molecule has 0 spiro atoms. The van der Waals surface area contributed by atoms with Crippen molar-refractivity contribution in [1.82, 2.24) is 0 Å². The maximum absolute atomic E-state index is 13.8. The van der Waals surface area contributed by atoms with Gasteiger partial charge in [0.05, 0.1) is 5.41 Å². The number of cyclic esters (lactones) is 1. The molecule has 1 saturated heterocycles. The van der Waals surface area contributed by atoms with Crippen LogP contribution in [0.3, 0.4) is 0 Å². The summed E-state index contributed by atoms with van der Waals surface area (Å²) in [5.74, 6) is -1.17. The van der Waals surface area contributed by atoms with Gasteiger partial charge in [-0.3, -0.25) is 14.4 Å². The van der Waals surface area contributed by atoms with Crippen LogP contribution < -0.4 is 0 Å². The van der Waals surface area contributed by atoms with Gasteiger partial charge in [-0.1, -0.05) is 53.5 Å². The highest BCUT2D eigenvalue weighted by Gasteiger charge is 2.61. The molecule has 3 rings (SSSR count). The third kappa shape index (κ3) is 3.85. The monoisotopic (exact) mass is 490 g/mol. The summed E-state index contributed by atoms with van der Waals surface area (Å²) < 4.78 is 6.80. The van der Waals surface area contributed by atoms with Crippen molar-refractivity contribution in [2.24, 2.45) is 10.8 Å². The first-order valence-corrected chi connectivity index (χ1v) is 11.1. The molecule has 0 bridgehead atoms. The first-order valence-electron chi connectivity index (χ1n) is 9.98. The Labute approximate surface area is 190 Å². The molecule has 0 amide bonds. The molecule has 0 aliphatic carbocycles. The second kappa shape index (κ2) is 8.64. The van der Waals surface area contributed by atoms with Gasteiger partial charge in [0.2, 0.25) is 0 Å². The van der Waals surface area contributed by atoms with Crippen LogP contribution in [0.25, 0.3) is 0 Å². The first kappa shape index (κ1) is 22.7. The van der Waals surface area contributed by atoms with E-state index in [-0.39, 0.29) is 18.0 Å². The first-order chi connectivity index (χ1) is 14.2. The lowest BCUT2D eigenvalue weighted by atomic mass is 9.60. The van der Waals surface area contributed by atoms with Crippen LogP contribution in [-0.4, -0.2) is 17.5 Å². The predicted molar refractivity (Wildman–Crippen MR) is 120 cm³/mol. The maximum atomic E-state index is 13.8. The molecule has 1 heterocycles. The third-order valence-electron chi connectivity index (χ3n) is 6.25. The van der Waals surface area contributed by atoms with Crippen LogP contribution in [0.4, 0.5) is 0 Å². The normalized spacial score (nSPS) is 23.2. The molecular weight excluding hydrogens is 468 g/mol. The summed E-state index contributed by atoms with van der Waals surface area (Å²) in [5.41, 5.74) is -1.24. The van der Waals surface area contributed by atoms with Gasteiger partial charge in [0.25, 0.3) is 0 Å². The molecule has 0 aromatic heterocycles. The Morgan fingerprint density at radius 1 is 1.03 bits per heavy atom. The van der Waals surface area contributed by atoms with Crippen molar-refractivity contribution in [3.63, 3.8) is 0 Å². The molecule has 158 valence electrons. The lowest BCUT2D eigenvalue weighted by molar-refractivity contribution is -0.191. The van der Waals surface area contributed by atoms with Gasteiger partial charge in [-0.15, -0.1) is 0 Å². The SMILES string of the molecule is CCC1(CC)C(=O)[C@](C)(CC(=O)c2ccc(Cl)cc2)C(=O)O[C@@H]1c1ccc(Br)cc1. The average molecular weight is 492 g/mol. The van der Waals surface area contributed by atoms with Gasteiger partial charge < -0.3 is 4.74 Å². The van der Waals surface area contributed by atoms with E-state index in [1.807, 2.05) is 38.1 Å². The van der Waals surface area contributed by atoms with Gasteiger partial charge in [0.15, 0.2) is 11.6 Å². The van der Waals surface area contributed by atoms with Crippen LogP contribution in [0.5, 0.6) is 0 Å². The highest BCUT2D eigenvalue weighted by Crippen LogP contribution is 2.53. The number of rotatable bonds is 6. The van der Waals surface area contributed by atoms with Crippen molar-refractivity contribution < 1.29 is 19.1 Å². The zero-order valence-electron chi connectivity index (χ0n) is 17.2. The number of halogens is 2. The van der Waals surface area contributed by atoms with Crippen molar-refractivity contribution in [2.45, 2.75) is 46.1 Å². The molecule has 0 unspecified atom stereocenters. The van der Waals surface area contributed by atoms with Crippen LogP contribution in [0.1, 0.15) is 62.1 Å². The Kier molecular flexibility index (Phi) is 6.54. The number of ether oxygens (including phenoxy) is 1. The molecule has 4 nitrogen and oxygen atoms in total. The highest BCUT2D eigenvalue weighted by molar-refractivity contribution is 9.10. The van der Waals surface area contributed by atoms with Crippen molar-refractivity contribution in [3.05, 3.63) is 69.2 Å². The standard InChI is InChI=1S/C24H24BrClO4/c1-4-24(5-2)20(16-6-10-17(25)11-7-16)30-22(29)23(3,21(24)28)14-19(27)15-8-12-18(26)13-9-15/h6-13,20H,4-5,14H2,1-3H3/t20-,23+/m1/s1. The Hall–Kier alpha value is -1.98. The molecule has 2 atom stereocenters. The van der Waals surface area contributed by atoms with Crippen molar-refractivity contribution in [1.29, 1.82) is 0 Å². The lowest BCUT2D eigenvalue weighted by Crippen LogP contribution is -2.56. The summed E-state index contributed by atoms with van der Waals surface area (Å²) in [6.07, 6.45) is 0.0859. The highest BCUT2D eigenvalue weighted by atomic mass is 79.9. The van der Waals surface area contributed by atoms with Crippen LogP contribution in [0, 0.1) is 10.8 Å². The van der Waals surface area contributed by atoms with E-state index in [1.165, 1.54) is 6.92 Å². The minimum absolute atomic E-state index is 0.230. The molecule has 0 N–H and O–H groups in total. The Morgan fingerprint density at radius 3 is 2.13 bits per heavy atom. The quantitative estimate of drug-likeness (QED) is 0.268. The predicted octanol–water partition coefficient (Wildman–Crippen LogP) is 6.36. The van der Waals surface area contributed by atoms with Gasteiger partial charge in [-0.05, 0) is 61.7 Å². The van der Waals surface area contributed by atoms with E-state index in [2.05, 4.69) is 15.9 Å². The van der Waals surface area contributed by atoms with E-state index < -0.39 is 22.9 Å². The Balaban J connectivity index is 1.98. The molecule has 1 fully saturated rings. The van der Waals surface area contributed by atoms with Crippen LogP contribution in [0.2, 0.25) is 5.02 Å². The summed E-state index contributed by atoms with van der Waals surface area (Å²) in [6, 6.07) is 13.9. The Morgan fingerprint density at radius 2 is 1.60 bits per heavy atom. The number of Topliss-reactive ketones (excluding diaryl/α,β-unsaturated/α-hetero) is 2. The van der Waals surface area contributed by atoms with Gasteiger partial charge in [-0.25, -0.2) is 0 Å². The fourth-order valence-electron chi connectivity index (χ4n) is 4.29. The van der Waals surface area contributed by atoms with Gasteiger partial charge in [0, 0.05) is 21.5 Å². The minimum Gasteiger partial charge on any atom is -0.456 e. The number of carbonyl (C=O) groups is 3. The number of hydrogen-bond donors (Lipinski definition) is 0. The van der Waals surface area contributed by atoms with Gasteiger partial charge in [0.1, 0.15) is 11.5 Å². The molecule has 0 radical (unpaired) electrons. The second-order valence-electron chi connectivity index (χ2n) is 7.97. The number of benzene rings is 2. The molecule has 30 heavy (non-hydrogen) atoms. The largest absolute Gasteiger partial charge is 0.456 e. The number of carbonyl (C=O) groups excluding carboxylic acids is 3. The molecule has 1 aliphatic rings. The summed E-state index contributed by atoms with van der Waals surface area (Å²) in [6.45, 7) is 5.38. The van der Waals surface area contributed by atoms with Gasteiger partial charge >= 0.3 is 5.97 Å².